The molecule has 3 aromatic rings. The van der Waals surface area contributed by atoms with Crippen molar-refractivity contribution in [3.63, 3.8) is 0 Å². The molecular formula is C24H26N2O3. The first kappa shape index (κ1) is 17.4. The smallest absolute Gasteiger partial charge is 0.161 e. The molecule has 1 N–H and O–H groups in total. The molecule has 0 radical (unpaired) electrons. The molecule has 0 unspecified atom stereocenters. The van der Waals surface area contributed by atoms with Crippen molar-refractivity contribution < 1.29 is 14.2 Å². The van der Waals surface area contributed by atoms with Gasteiger partial charge in [0.1, 0.15) is 18.8 Å². The van der Waals surface area contributed by atoms with Crippen LogP contribution in [0.3, 0.4) is 0 Å². The number of hydrogen-bond acceptors (Lipinski definition) is 4. The topological polar surface area (TPSA) is 46.7 Å². The van der Waals surface area contributed by atoms with Crippen molar-refractivity contribution in [3.8, 4) is 11.5 Å². The van der Waals surface area contributed by atoms with Gasteiger partial charge < -0.3 is 19.2 Å². The second-order valence-electron chi connectivity index (χ2n) is 8.37. The van der Waals surface area contributed by atoms with Crippen LogP contribution in [0.1, 0.15) is 29.7 Å². The lowest BCUT2D eigenvalue weighted by Crippen LogP contribution is -2.46. The zero-order valence-electron chi connectivity index (χ0n) is 16.6. The van der Waals surface area contributed by atoms with E-state index in [4.69, 9.17) is 14.2 Å². The second-order valence-corrected chi connectivity index (χ2v) is 8.37. The zero-order chi connectivity index (χ0) is 19.3. The van der Waals surface area contributed by atoms with Crippen LogP contribution in [0.25, 0.3) is 10.9 Å². The molecule has 3 aliphatic rings. The number of nitrogens with one attached hydrogen (secondary N) is 1. The summed E-state index contributed by atoms with van der Waals surface area (Å²) in [5.74, 6) is 1.74. The number of aromatic amines is 1. The highest BCUT2D eigenvalue weighted by Crippen LogP contribution is 2.43. The standard InChI is InChI=1S/C24H26N2O3/c1-2-4-20-18(3-1)19-7-12-29-24(23(19)25-20)8-10-26(11-9-24)16-17-5-6-21-22(15-17)28-14-13-27-21/h1-6,15,25H,7-14,16H2. The Labute approximate surface area is 170 Å². The molecule has 5 nitrogen and oxygen atoms in total. The van der Waals surface area contributed by atoms with Crippen LogP contribution in [0.4, 0.5) is 0 Å². The number of rotatable bonds is 2. The fraction of sp³-hybridized carbons (Fsp3) is 0.417. The molecular weight excluding hydrogens is 364 g/mol. The summed E-state index contributed by atoms with van der Waals surface area (Å²) in [7, 11) is 0. The number of fused-ring (bicyclic) bond motifs is 5. The normalized spacial score (nSPS) is 20.7. The van der Waals surface area contributed by atoms with Crippen molar-refractivity contribution in [2.24, 2.45) is 0 Å². The van der Waals surface area contributed by atoms with E-state index in [-0.39, 0.29) is 5.60 Å². The van der Waals surface area contributed by atoms with Crippen molar-refractivity contribution >= 4 is 10.9 Å². The van der Waals surface area contributed by atoms with Crippen LogP contribution in [0.2, 0.25) is 0 Å². The number of nitrogens with zero attached hydrogens (tertiary/aromatic N) is 1. The monoisotopic (exact) mass is 390 g/mol. The van der Waals surface area contributed by atoms with Crippen molar-refractivity contribution in [1.82, 2.24) is 9.88 Å². The first-order chi connectivity index (χ1) is 14.3. The molecule has 6 rings (SSSR count). The molecule has 0 aliphatic carbocycles. The molecule has 1 spiro atoms. The average molecular weight is 390 g/mol. The highest BCUT2D eigenvalue weighted by atomic mass is 16.6. The van der Waals surface area contributed by atoms with Gasteiger partial charge in [-0.1, -0.05) is 24.3 Å². The highest BCUT2D eigenvalue weighted by molar-refractivity contribution is 5.85. The Hall–Kier alpha value is -2.50. The van der Waals surface area contributed by atoms with Crippen molar-refractivity contribution in [1.29, 1.82) is 0 Å². The SMILES string of the molecule is c1ccc2c3c([nH]c2c1)C1(CCN(Cc2ccc4c(c2)OCCO4)CC1)OCC3. The molecule has 1 saturated heterocycles. The van der Waals surface area contributed by atoms with Crippen molar-refractivity contribution in [2.45, 2.75) is 31.4 Å². The summed E-state index contributed by atoms with van der Waals surface area (Å²) in [6.07, 6.45) is 3.05. The molecule has 0 saturated carbocycles. The quantitative estimate of drug-likeness (QED) is 0.718. The van der Waals surface area contributed by atoms with Gasteiger partial charge in [-0.15, -0.1) is 0 Å². The Morgan fingerprint density at radius 3 is 2.66 bits per heavy atom. The van der Waals surface area contributed by atoms with E-state index in [1.54, 1.807) is 0 Å². The predicted octanol–water partition coefficient (Wildman–Crippen LogP) is 4.00. The summed E-state index contributed by atoms with van der Waals surface area (Å²) >= 11 is 0. The van der Waals surface area contributed by atoms with Crippen LogP contribution < -0.4 is 9.47 Å². The molecule has 3 aliphatic heterocycles. The summed E-state index contributed by atoms with van der Waals surface area (Å²) in [5, 5.41) is 1.36. The Kier molecular flexibility index (Phi) is 4.06. The Morgan fingerprint density at radius 1 is 0.931 bits per heavy atom. The van der Waals surface area contributed by atoms with Crippen LogP contribution >= 0.6 is 0 Å². The minimum atomic E-state index is -0.157. The van der Waals surface area contributed by atoms with Crippen LogP contribution in [0.5, 0.6) is 11.5 Å². The molecule has 4 heterocycles. The van der Waals surface area contributed by atoms with Gasteiger partial charge >= 0.3 is 0 Å². The van der Waals surface area contributed by atoms with E-state index in [9.17, 15) is 0 Å². The fourth-order valence-corrected chi connectivity index (χ4v) is 5.18. The average Bonchev–Trinajstić information content (AvgIpc) is 3.16. The minimum Gasteiger partial charge on any atom is -0.486 e. The summed E-state index contributed by atoms with van der Waals surface area (Å²) in [6.45, 7) is 5.08. The third-order valence-electron chi connectivity index (χ3n) is 6.68. The molecule has 1 fully saturated rings. The number of para-hydroxylation sites is 1. The van der Waals surface area contributed by atoms with Crippen LogP contribution in [-0.4, -0.2) is 42.8 Å². The summed E-state index contributed by atoms with van der Waals surface area (Å²) < 4.78 is 17.8. The third-order valence-corrected chi connectivity index (χ3v) is 6.68. The summed E-state index contributed by atoms with van der Waals surface area (Å²) in [4.78, 5) is 6.23. The number of ether oxygens (including phenoxy) is 3. The minimum absolute atomic E-state index is 0.157. The Balaban J connectivity index is 1.21. The molecule has 2 aromatic carbocycles. The van der Waals surface area contributed by atoms with Gasteiger partial charge in [-0.3, -0.25) is 4.90 Å². The number of aromatic nitrogens is 1. The van der Waals surface area contributed by atoms with E-state index in [1.165, 1.54) is 27.7 Å². The number of H-pyrrole nitrogens is 1. The first-order valence-corrected chi connectivity index (χ1v) is 10.7. The van der Waals surface area contributed by atoms with Gasteiger partial charge in [-0.05, 0) is 48.6 Å². The largest absolute Gasteiger partial charge is 0.486 e. The fourth-order valence-electron chi connectivity index (χ4n) is 5.18. The first-order valence-electron chi connectivity index (χ1n) is 10.7. The van der Waals surface area contributed by atoms with E-state index in [2.05, 4.69) is 46.3 Å². The van der Waals surface area contributed by atoms with E-state index in [0.717, 1.165) is 57.0 Å². The van der Waals surface area contributed by atoms with Crippen LogP contribution in [0, 0.1) is 0 Å². The maximum absolute atomic E-state index is 6.44. The van der Waals surface area contributed by atoms with Gasteiger partial charge in [0.05, 0.1) is 12.3 Å². The lowest BCUT2D eigenvalue weighted by Gasteiger charge is -2.44. The third kappa shape index (κ3) is 2.92. The van der Waals surface area contributed by atoms with Crippen LogP contribution in [0.15, 0.2) is 42.5 Å². The van der Waals surface area contributed by atoms with E-state index in [1.807, 2.05) is 6.07 Å². The maximum atomic E-state index is 6.44. The second kappa shape index (κ2) is 6.78. The van der Waals surface area contributed by atoms with Gasteiger partial charge in [0.2, 0.25) is 0 Å². The highest BCUT2D eigenvalue weighted by Gasteiger charge is 2.42. The van der Waals surface area contributed by atoms with Gasteiger partial charge in [-0.25, -0.2) is 0 Å². The molecule has 150 valence electrons. The zero-order valence-corrected chi connectivity index (χ0v) is 16.6. The number of benzene rings is 2. The number of piperidine rings is 1. The molecule has 0 amide bonds. The molecule has 0 atom stereocenters. The van der Waals surface area contributed by atoms with E-state index >= 15 is 0 Å². The molecule has 1 aromatic heterocycles. The maximum Gasteiger partial charge on any atom is 0.161 e. The van der Waals surface area contributed by atoms with Crippen molar-refractivity contribution in [3.05, 3.63) is 59.3 Å². The lowest BCUT2D eigenvalue weighted by atomic mass is 9.83. The van der Waals surface area contributed by atoms with Gasteiger partial charge in [0, 0.05) is 30.5 Å². The molecule has 5 heteroatoms. The number of likely N-dealkylation sites (tertiary alicyclic amines) is 1. The Bertz CT molecular complexity index is 1050. The summed E-state index contributed by atoms with van der Waals surface area (Å²) in [5.41, 5.74) is 5.15. The predicted molar refractivity (Wildman–Crippen MR) is 112 cm³/mol. The van der Waals surface area contributed by atoms with Gasteiger partial charge in [0.25, 0.3) is 0 Å². The molecule has 0 bridgehead atoms. The van der Waals surface area contributed by atoms with Crippen LogP contribution in [-0.2, 0) is 23.3 Å². The Morgan fingerprint density at radius 2 is 1.76 bits per heavy atom. The van der Waals surface area contributed by atoms with E-state index < -0.39 is 0 Å². The molecule has 29 heavy (non-hydrogen) atoms. The van der Waals surface area contributed by atoms with Gasteiger partial charge in [-0.2, -0.15) is 0 Å². The van der Waals surface area contributed by atoms with E-state index in [0.29, 0.717) is 13.2 Å². The van der Waals surface area contributed by atoms with Crippen molar-refractivity contribution in [2.75, 3.05) is 32.9 Å². The summed E-state index contributed by atoms with van der Waals surface area (Å²) in [6, 6.07) is 15.0. The lowest BCUT2D eigenvalue weighted by molar-refractivity contribution is -0.101. The van der Waals surface area contributed by atoms with Gasteiger partial charge in [0.15, 0.2) is 11.5 Å². The number of hydrogen-bond donors (Lipinski definition) is 1.